The van der Waals surface area contributed by atoms with E-state index in [0.717, 1.165) is 47.6 Å². The van der Waals surface area contributed by atoms with Crippen LogP contribution in [0.5, 0.6) is 17.2 Å². The number of benzene rings is 4. The molecule has 7 rings (SSSR count). The van der Waals surface area contributed by atoms with E-state index in [2.05, 4.69) is 25.3 Å². The van der Waals surface area contributed by atoms with Crippen LogP contribution in [0.15, 0.2) is 127 Å². The van der Waals surface area contributed by atoms with Gasteiger partial charge in [0, 0.05) is 49.8 Å². The Bertz CT molecular complexity index is 2410. The highest BCUT2D eigenvalue weighted by atomic mass is 16.7. The molecule has 1 aliphatic heterocycles. The predicted molar refractivity (Wildman–Crippen MR) is 258 cm³/mol. The number of nitro groups is 1. The summed E-state index contributed by atoms with van der Waals surface area (Å²) in [6, 6.07) is 25.1. The zero-order chi connectivity index (χ0) is 47.9. The van der Waals surface area contributed by atoms with Crippen LogP contribution in [0, 0.1) is 27.9 Å². The highest BCUT2D eigenvalue weighted by Gasteiger charge is 2.65. The molecular formula is C53H63N3O12. The second-order valence-electron chi connectivity index (χ2n) is 17.3. The first-order chi connectivity index (χ1) is 33.2. The van der Waals surface area contributed by atoms with Gasteiger partial charge in [-0.25, -0.2) is 4.79 Å². The van der Waals surface area contributed by atoms with Crippen molar-refractivity contribution in [2.45, 2.75) is 75.7 Å². The Morgan fingerprint density at radius 3 is 2.37 bits per heavy atom. The number of carbonyl (C=O) groups excluding carboxylic acids is 1. The summed E-state index contributed by atoms with van der Waals surface area (Å²) in [6.07, 6.45) is 9.66. The van der Waals surface area contributed by atoms with Gasteiger partial charge in [-0.2, -0.15) is 0 Å². The third-order valence-electron chi connectivity index (χ3n) is 13.0. The van der Waals surface area contributed by atoms with E-state index in [0.29, 0.717) is 47.8 Å². The molecule has 1 saturated carbocycles. The monoisotopic (exact) mass is 933 g/mol. The average molecular weight is 934 g/mol. The van der Waals surface area contributed by atoms with Crippen molar-refractivity contribution in [3.8, 4) is 17.2 Å². The second-order valence-corrected chi connectivity index (χ2v) is 17.3. The molecule has 68 heavy (non-hydrogen) atoms. The number of amides is 1. The van der Waals surface area contributed by atoms with Gasteiger partial charge in [0.1, 0.15) is 29.9 Å². The zero-order valence-electron chi connectivity index (χ0n) is 38.5. The number of carbonyl (C=O) groups is 1. The van der Waals surface area contributed by atoms with Crippen LogP contribution in [-0.2, 0) is 25.7 Å². The summed E-state index contributed by atoms with van der Waals surface area (Å²) in [5.41, 5.74) is 2.89. The van der Waals surface area contributed by atoms with Crippen molar-refractivity contribution in [3.05, 3.63) is 143 Å². The third-order valence-corrected chi connectivity index (χ3v) is 13.0. The van der Waals surface area contributed by atoms with Crippen LogP contribution >= 0.6 is 0 Å². The molecule has 1 heterocycles. The molecule has 4 aromatic rings. The van der Waals surface area contributed by atoms with E-state index in [1.54, 1.807) is 29.2 Å². The van der Waals surface area contributed by atoms with Crippen LogP contribution < -0.4 is 9.47 Å². The number of nitro benzene ring substituents is 1. The molecule has 0 spiro atoms. The molecule has 15 nitrogen and oxygen atoms in total. The van der Waals surface area contributed by atoms with E-state index in [9.17, 15) is 30.2 Å². The van der Waals surface area contributed by atoms with Gasteiger partial charge in [-0.15, -0.1) is 13.2 Å². The molecule has 0 bridgehead atoms. The smallest absolute Gasteiger partial charge is 0.410 e. The Morgan fingerprint density at radius 2 is 1.63 bits per heavy atom. The Labute approximate surface area is 397 Å². The molecule has 15 heteroatoms. The molecule has 0 aromatic heterocycles. The number of oxime groups is 1. The molecule has 4 aromatic carbocycles. The Kier molecular flexibility index (Phi) is 17.8. The zero-order valence-corrected chi connectivity index (χ0v) is 38.5. The SMILES string of the molecule is C=CCCOC(=O)N(CCOCCO)[C@H]1CC(=NOCc2ccc([N+](=O)[O-])cc2)C2=C[C@H](CCCCO)[C@@H](CCCCO)[C@@H]3c4cc(Oc5ccc6ccccc6c5)ccc4O[C@@]1(OCC=C)[C@H]23. The molecule has 1 amide bonds. The van der Waals surface area contributed by atoms with Crippen LogP contribution in [0.2, 0.25) is 0 Å². The number of rotatable bonds is 26. The Balaban J connectivity index is 1.41. The highest BCUT2D eigenvalue weighted by molar-refractivity contribution is 6.03. The summed E-state index contributed by atoms with van der Waals surface area (Å²) >= 11 is 0. The maximum Gasteiger partial charge on any atom is 0.410 e. The molecular weight excluding hydrogens is 871 g/mol. The first-order valence-corrected chi connectivity index (χ1v) is 23.6. The number of hydrogen-bond acceptors (Lipinski definition) is 13. The summed E-state index contributed by atoms with van der Waals surface area (Å²) in [5.74, 6) is -0.731. The number of aliphatic hydroxyl groups is 3. The number of aliphatic hydroxyl groups excluding tert-OH is 3. The van der Waals surface area contributed by atoms with E-state index < -0.39 is 28.8 Å². The minimum absolute atomic E-state index is 0.00642. The minimum atomic E-state index is -1.56. The topological polar surface area (TPSA) is 192 Å². The molecule has 0 radical (unpaired) electrons. The van der Waals surface area contributed by atoms with Gasteiger partial charge in [0.15, 0.2) is 0 Å². The summed E-state index contributed by atoms with van der Waals surface area (Å²) in [6.45, 7) is 8.01. The number of unbranched alkanes of at least 4 members (excludes halogenated alkanes) is 2. The van der Waals surface area contributed by atoms with Crippen molar-refractivity contribution >= 4 is 28.3 Å². The lowest BCUT2D eigenvalue weighted by atomic mass is 9.55. The fraction of sp³-hybridized carbons (Fsp3) is 0.434. The third kappa shape index (κ3) is 11.6. The van der Waals surface area contributed by atoms with Gasteiger partial charge >= 0.3 is 6.09 Å². The second kappa shape index (κ2) is 24.3. The van der Waals surface area contributed by atoms with Crippen LogP contribution in [0.4, 0.5) is 10.5 Å². The summed E-state index contributed by atoms with van der Waals surface area (Å²) in [5, 5.41) is 48.0. The standard InChI is InChI=1S/C53H63N3O12/c1-3-5-29-64-52(60)55(24-30-63-31-27-59)49-35-47(54-66-36-37-16-19-41(20-17-37)56(61)62)45-33-40(14-8-10-25-57)44(15-9-11-26-58)50-46-34-43(67-42-21-18-38-12-6-7-13-39(38)32-42)22-23-48(46)68-53(49,51(45)50)65-28-4-2/h3-4,6-7,12-13,16-23,32-34,40,44,49-51,57-59H,1-2,5,8-11,14-15,24-31,35-36H2/t40-,44+,49-,50+,51+,53+/m0/s1. The molecule has 3 N–H and O–H groups in total. The fourth-order valence-corrected chi connectivity index (χ4v) is 9.99. The number of hydrogen-bond donors (Lipinski definition) is 3. The first kappa shape index (κ1) is 49.8. The predicted octanol–water partition coefficient (Wildman–Crippen LogP) is 9.40. The molecule has 0 unspecified atom stereocenters. The number of ether oxygens (including phenoxy) is 5. The van der Waals surface area contributed by atoms with Gasteiger partial charge in [0.2, 0.25) is 5.79 Å². The van der Waals surface area contributed by atoms with Gasteiger partial charge in [-0.05, 0) is 108 Å². The lowest BCUT2D eigenvalue weighted by Crippen LogP contribution is -2.70. The van der Waals surface area contributed by atoms with Gasteiger partial charge < -0.3 is 43.8 Å². The lowest BCUT2D eigenvalue weighted by Gasteiger charge is -2.59. The summed E-state index contributed by atoms with van der Waals surface area (Å²) in [4.78, 5) is 33.2. The van der Waals surface area contributed by atoms with Crippen LogP contribution in [0.3, 0.4) is 0 Å². The summed E-state index contributed by atoms with van der Waals surface area (Å²) < 4.78 is 32.7. The van der Waals surface area contributed by atoms with E-state index >= 15 is 0 Å². The van der Waals surface area contributed by atoms with Crippen molar-refractivity contribution < 1.29 is 53.6 Å². The van der Waals surface area contributed by atoms with Crippen LogP contribution in [0.25, 0.3) is 10.8 Å². The van der Waals surface area contributed by atoms with Gasteiger partial charge in [-0.1, -0.05) is 66.6 Å². The molecule has 362 valence electrons. The van der Waals surface area contributed by atoms with Gasteiger partial charge in [0.05, 0.1) is 49.6 Å². The number of non-ortho nitro benzene ring substituents is 1. The molecule has 2 aliphatic carbocycles. The largest absolute Gasteiger partial charge is 0.459 e. The average Bonchev–Trinajstić information content (AvgIpc) is 3.35. The van der Waals surface area contributed by atoms with Gasteiger partial charge in [0.25, 0.3) is 5.69 Å². The lowest BCUT2D eigenvalue weighted by molar-refractivity contribution is -0.384. The van der Waals surface area contributed by atoms with E-state index in [4.69, 9.17) is 33.7 Å². The van der Waals surface area contributed by atoms with Crippen LogP contribution in [0.1, 0.15) is 68.4 Å². The number of allylic oxidation sites excluding steroid dienone is 1. The maximum absolute atomic E-state index is 14.5. The Morgan fingerprint density at radius 1 is 0.882 bits per heavy atom. The first-order valence-electron chi connectivity index (χ1n) is 23.6. The summed E-state index contributed by atoms with van der Waals surface area (Å²) in [7, 11) is 0. The fourth-order valence-electron chi connectivity index (χ4n) is 9.99. The quantitative estimate of drug-likeness (QED) is 0.0234. The molecule has 6 atom stereocenters. The van der Waals surface area contributed by atoms with Crippen molar-refractivity contribution in [1.82, 2.24) is 4.90 Å². The van der Waals surface area contributed by atoms with Gasteiger partial charge in [-0.3, -0.25) is 15.0 Å². The van der Waals surface area contributed by atoms with E-state index in [-0.39, 0.29) is 89.3 Å². The maximum atomic E-state index is 14.5. The minimum Gasteiger partial charge on any atom is -0.459 e. The Hall–Kier alpha value is -6.10. The molecule has 0 saturated heterocycles. The van der Waals surface area contributed by atoms with E-state index in [1.165, 1.54) is 12.1 Å². The van der Waals surface area contributed by atoms with Crippen molar-refractivity contribution in [3.63, 3.8) is 0 Å². The highest BCUT2D eigenvalue weighted by Crippen LogP contribution is 2.62. The number of fused-ring (bicyclic) bond motifs is 3. The molecule has 1 fully saturated rings. The van der Waals surface area contributed by atoms with Crippen molar-refractivity contribution in [2.75, 3.05) is 52.8 Å². The van der Waals surface area contributed by atoms with E-state index in [1.807, 2.05) is 54.6 Å². The normalized spacial score (nSPS) is 22.0. The van der Waals surface area contributed by atoms with Crippen molar-refractivity contribution in [1.29, 1.82) is 0 Å². The van der Waals surface area contributed by atoms with Crippen LogP contribution in [-0.4, -0.2) is 102 Å². The number of nitrogens with zero attached hydrogens (tertiary/aromatic N) is 3. The van der Waals surface area contributed by atoms with Crippen molar-refractivity contribution in [2.24, 2.45) is 22.9 Å². The molecule has 3 aliphatic rings.